The van der Waals surface area contributed by atoms with E-state index >= 15 is 0 Å². The number of carbonyl (C=O) groups is 2. The van der Waals surface area contributed by atoms with Gasteiger partial charge in [-0.1, -0.05) is 17.7 Å². The number of nitrogens with one attached hydrogen (secondary N) is 3. The summed E-state index contributed by atoms with van der Waals surface area (Å²) in [5.41, 5.74) is 1.58. The normalized spacial score (nSPS) is 19.0. The van der Waals surface area contributed by atoms with E-state index < -0.39 is 11.8 Å². The average molecular weight is 354 g/mol. The SMILES string of the molecule is Cc1ccc(NC(=O)C(=O)NC2CC(C)(C)NC(C)(C)C2)cc1.Cl. The van der Waals surface area contributed by atoms with Gasteiger partial charge >= 0.3 is 11.8 Å². The molecule has 0 unspecified atom stereocenters. The Morgan fingerprint density at radius 1 is 1.00 bits per heavy atom. The summed E-state index contributed by atoms with van der Waals surface area (Å²) < 4.78 is 0. The van der Waals surface area contributed by atoms with Crippen molar-refractivity contribution in [2.24, 2.45) is 0 Å². The lowest BCUT2D eigenvalue weighted by molar-refractivity contribution is -0.137. The minimum Gasteiger partial charge on any atom is -0.345 e. The van der Waals surface area contributed by atoms with Crippen LogP contribution < -0.4 is 16.0 Å². The Morgan fingerprint density at radius 3 is 2.00 bits per heavy atom. The maximum atomic E-state index is 12.2. The van der Waals surface area contributed by atoms with Gasteiger partial charge in [-0.15, -0.1) is 12.4 Å². The van der Waals surface area contributed by atoms with E-state index in [0.717, 1.165) is 18.4 Å². The van der Waals surface area contributed by atoms with Gasteiger partial charge in [0.1, 0.15) is 0 Å². The van der Waals surface area contributed by atoms with Gasteiger partial charge in [0, 0.05) is 22.8 Å². The first kappa shape index (κ1) is 20.5. The molecule has 6 heteroatoms. The summed E-state index contributed by atoms with van der Waals surface area (Å²) in [6, 6.07) is 7.35. The number of amides is 2. The van der Waals surface area contributed by atoms with Crippen LogP contribution >= 0.6 is 12.4 Å². The van der Waals surface area contributed by atoms with Crippen molar-refractivity contribution in [3.8, 4) is 0 Å². The molecule has 2 amide bonds. The molecule has 3 N–H and O–H groups in total. The van der Waals surface area contributed by atoms with Gasteiger partial charge < -0.3 is 16.0 Å². The van der Waals surface area contributed by atoms with Crippen LogP contribution in [0.25, 0.3) is 0 Å². The number of aryl methyl sites for hydroxylation is 1. The van der Waals surface area contributed by atoms with Crippen LogP contribution in [0.4, 0.5) is 5.69 Å². The number of benzene rings is 1. The van der Waals surface area contributed by atoms with Gasteiger partial charge in [0.25, 0.3) is 0 Å². The van der Waals surface area contributed by atoms with Crippen molar-refractivity contribution in [3.05, 3.63) is 29.8 Å². The van der Waals surface area contributed by atoms with Crippen LogP contribution in [0.2, 0.25) is 0 Å². The van der Waals surface area contributed by atoms with Crippen LogP contribution in [0, 0.1) is 6.92 Å². The van der Waals surface area contributed by atoms with E-state index in [9.17, 15) is 9.59 Å². The molecule has 0 spiro atoms. The standard InChI is InChI=1S/C18H27N3O2.ClH/c1-12-6-8-13(9-7-12)19-15(22)16(23)20-14-10-17(2,3)21-18(4,5)11-14;/h6-9,14,21H,10-11H2,1-5H3,(H,19,22)(H,20,23);1H. The minimum absolute atomic E-state index is 0. The fourth-order valence-corrected chi connectivity index (χ4v) is 3.50. The number of rotatable bonds is 2. The van der Waals surface area contributed by atoms with Crippen LogP contribution in [0.3, 0.4) is 0 Å². The van der Waals surface area contributed by atoms with Gasteiger partial charge in [-0.2, -0.15) is 0 Å². The van der Waals surface area contributed by atoms with Gasteiger partial charge in [-0.3, -0.25) is 9.59 Å². The second-order valence-electron chi connectivity index (χ2n) is 7.79. The maximum Gasteiger partial charge on any atom is 0.313 e. The summed E-state index contributed by atoms with van der Waals surface area (Å²) in [7, 11) is 0. The molecule has 134 valence electrons. The molecule has 0 aromatic heterocycles. The quantitative estimate of drug-likeness (QED) is 0.716. The molecule has 1 aliphatic rings. The van der Waals surface area contributed by atoms with Crippen LogP contribution in [0.5, 0.6) is 0 Å². The third-order valence-corrected chi connectivity index (χ3v) is 4.04. The Kier molecular flexibility index (Phi) is 6.42. The fourth-order valence-electron chi connectivity index (χ4n) is 3.50. The Morgan fingerprint density at radius 2 is 1.50 bits per heavy atom. The molecular weight excluding hydrogens is 326 g/mol. The largest absolute Gasteiger partial charge is 0.345 e. The topological polar surface area (TPSA) is 70.2 Å². The molecule has 0 saturated carbocycles. The summed E-state index contributed by atoms with van der Waals surface area (Å²) in [4.78, 5) is 24.2. The molecule has 1 aliphatic heterocycles. The van der Waals surface area contributed by atoms with Crippen LogP contribution in [-0.4, -0.2) is 28.9 Å². The zero-order valence-electron chi connectivity index (χ0n) is 15.0. The second kappa shape index (κ2) is 7.53. The Bertz CT molecular complexity index is 581. The summed E-state index contributed by atoms with van der Waals surface area (Å²) in [5, 5.41) is 9.06. The first-order valence-corrected chi connectivity index (χ1v) is 8.04. The lowest BCUT2D eigenvalue weighted by atomic mass is 9.79. The zero-order chi connectivity index (χ0) is 17.3. The Balaban J connectivity index is 0.00000288. The van der Waals surface area contributed by atoms with E-state index in [1.165, 1.54) is 0 Å². The molecule has 0 aliphatic carbocycles. The Labute approximate surface area is 150 Å². The van der Waals surface area contributed by atoms with Gasteiger partial charge in [0.05, 0.1) is 0 Å². The smallest absolute Gasteiger partial charge is 0.313 e. The summed E-state index contributed by atoms with van der Waals surface area (Å²) in [6.07, 6.45) is 1.58. The Hall–Kier alpha value is -1.59. The molecule has 0 bridgehead atoms. The first-order valence-electron chi connectivity index (χ1n) is 8.04. The summed E-state index contributed by atoms with van der Waals surface area (Å²) in [5.74, 6) is -1.20. The van der Waals surface area contributed by atoms with E-state index in [1.807, 2.05) is 19.1 Å². The van der Waals surface area contributed by atoms with E-state index in [2.05, 4.69) is 43.6 Å². The summed E-state index contributed by atoms with van der Waals surface area (Å²) >= 11 is 0. The number of halogens is 1. The van der Waals surface area contributed by atoms with E-state index in [1.54, 1.807) is 12.1 Å². The molecule has 24 heavy (non-hydrogen) atoms. The zero-order valence-corrected chi connectivity index (χ0v) is 15.8. The molecular formula is C18H28ClN3O2. The number of anilines is 1. The van der Waals surface area contributed by atoms with Gasteiger partial charge in [0.2, 0.25) is 0 Å². The number of piperidine rings is 1. The predicted molar refractivity (Wildman–Crippen MR) is 99.5 cm³/mol. The van der Waals surface area contributed by atoms with Crippen LogP contribution in [0.1, 0.15) is 46.1 Å². The fraction of sp³-hybridized carbons (Fsp3) is 0.556. The highest BCUT2D eigenvalue weighted by Gasteiger charge is 2.38. The molecule has 1 aromatic carbocycles. The molecule has 1 aromatic rings. The highest BCUT2D eigenvalue weighted by Crippen LogP contribution is 2.28. The molecule has 0 radical (unpaired) electrons. The summed E-state index contributed by atoms with van der Waals surface area (Å²) in [6.45, 7) is 10.4. The predicted octanol–water partition coefficient (Wildman–Crippen LogP) is 2.78. The van der Waals surface area contributed by atoms with E-state index in [4.69, 9.17) is 0 Å². The molecule has 0 atom stereocenters. The molecule has 2 rings (SSSR count). The van der Waals surface area contributed by atoms with Crippen molar-refractivity contribution in [3.63, 3.8) is 0 Å². The lowest BCUT2D eigenvalue weighted by Gasteiger charge is -2.46. The molecule has 1 heterocycles. The van der Waals surface area contributed by atoms with Crippen molar-refractivity contribution < 1.29 is 9.59 Å². The van der Waals surface area contributed by atoms with Crippen LogP contribution in [0.15, 0.2) is 24.3 Å². The van der Waals surface area contributed by atoms with Gasteiger partial charge in [0.15, 0.2) is 0 Å². The van der Waals surface area contributed by atoms with E-state index in [0.29, 0.717) is 5.69 Å². The van der Waals surface area contributed by atoms with Crippen molar-refractivity contribution in [1.29, 1.82) is 0 Å². The van der Waals surface area contributed by atoms with Gasteiger partial charge in [-0.05, 0) is 59.6 Å². The minimum atomic E-state index is -0.622. The lowest BCUT2D eigenvalue weighted by Crippen LogP contribution is -2.62. The van der Waals surface area contributed by atoms with Gasteiger partial charge in [-0.25, -0.2) is 0 Å². The second-order valence-corrected chi connectivity index (χ2v) is 7.79. The third-order valence-electron chi connectivity index (χ3n) is 4.04. The highest BCUT2D eigenvalue weighted by molar-refractivity contribution is 6.39. The molecule has 5 nitrogen and oxygen atoms in total. The third kappa shape index (κ3) is 5.80. The maximum absolute atomic E-state index is 12.2. The van der Waals surface area contributed by atoms with Crippen molar-refractivity contribution in [2.75, 3.05) is 5.32 Å². The monoisotopic (exact) mass is 353 g/mol. The van der Waals surface area contributed by atoms with Crippen LogP contribution in [-0.2, 0) is 9.59 Å². The molecule has 1 fully saturated rings. The first-order chi connectivity index (χ1) is 10.6. The number of hydrogen-bond acceptors (Lipinski definition) is 3. The number of hydrogen-bond donors (Lipinski definition) is 3. The van der Waals surface area contributed by atoms with Crippen molar-refractivity contribution >= 4 is 29.9 Å². The highest BCUT2D eigenvalue weighted by atomic mass is 35.5. The van der Waals surface area contributed by atoms with Crippen molar-refractivity contribution in [2.45, 2.75) is 64.6 Å². The number of carbonyl (C=O) groups excluding carboxylic acids is 2. The van der Waals surface area contributed by atoms with Crippen molar-refractivity contribution in [1.82, 2.24) is 10.6 Å². The molecule has 1 saturated heterocycles. The average Bonchev–Trinajstić information content (AvgIpc) is 2.37. The van der Waals surface area contributed by atoms with E-state index in [-0.39, 0.29) is 29.5 Å².